The first-order chi connectivity index (χ1) is 17.7. The molecule has 37 heavy (non-hydrogen) atoms. The fourth-order valence-electron chi connectivity index (χ4n) is 4.33. The molecule has 0 spiro atoms. The molecule has 1 aromatic carbocycles. The number of hydrogen-bond acceptors (Lipinski definition) is 7. The molecule has 4 aromatic rings. The molecule has 0 bridgehead atoms. The van der Waals surface area contributed by atoms with Gasteiger partial charge >= 0.3 is 0 Å². The first-order valence-electron chi connectivity index (χ1n) is 12.0. The molecule has 1 fully saturated rings. The van der Waals surface area contributed by atoms with Crippen molar-refractivity contribution < 1.29 is 9.59 Å². The minimum atomic E-state index is -0.867. The van der Waals surface area contributed by atoms with E-state index in [0.29, 0.717) is 41.4 Å². The Bertz CT molecular complexity index is 1520. The summed E-state index contributed by atoms with van der Waals surface area (Å²) in [4.78, 5) is 42.0. The third kappa shape index (κ3) is 5.05. The second kappa shape index (κ2) is 9.91. The average molecular weight is 513 g/mol. The van der Waals surface area contributed by atoms with Gasteiger partial charge in [-0.1, -0.05) is 12.1 Å². The lowest BCUT2D eigenvalue weighted by Crippen LogP contribution is -2.45. The summed E-state index contributed by atoms with van der Waals surface area (Å²) in [6.07, 6.45) is 4.33. The van der Waals surface area contributed by atoms with E-state index >= 15 is 0 Å². The van der Waals surface area contributed by atoms with E-state index in [-0.39, 0.29) is 18.4 Å². The second-order valence-corrected chi connectivity index (χ2v) is 10.3. The summed E-state index contributed by atoms with van der Waals surface area (Å²) in [6.45, 7) is 4.60. The Morgan fingerprint density at radius 3 is 2.70 bits per heavy atom. The van der Waals surface area contributed by atoms with Gasteiger partial charge in [0.15, 0.2) is 0 Å². The van der Waals surface area contributed by atoms with Crippen LogP contribution in [0.5, 0.6) is 0 Å². The number of nitrogens with two attached hydrogens (primary N) is 1. The van der Waals surface area contributed by atoms with Gasteiger partial charge in [0.2, 0.25) is 5.91 Å². The van der Waals surface area contributed by atoms with Crippen molar-refractivity contribution in [3.05, 3.63) is 77.6 Å². The van der Waals surface area contributed by atoms with Gasteiger partial charge in [-0.05, 0) is 74.6 Å². The van der Waals surface area contributed by atoms with E-state index in [4.69, 9.17) is 15.7 Å². The average Bonchev–Trinajstić information content (AvgIpc) is 3.19. The molecule has 188 valence electrons. The van der Waals surface area contributed by atoms with E-state index in [0.717, 1.165) is 21.4 Å². The Morgan fingerprint density at radius 1 is 1.14 bits per heavy atom. The third-order valence-corrected chi connectivity index (χ3v) is 7.47. The van der Waals surface area contributed by atoms with E-state index in [9.17, 15) is 9.59 Å². The number of pyridine rings is 3. The van der Waals surface area contributed by atoms with Crippen LogP contribution in [0.2, 0.25) is 0 Å². The molecule has 5 rings (SSSR count). The van der Waals surface area contributed by atoms with Crippen LogP contribution >= 0.6 is 11.8 Å². The lowest BCUT2D eigenvalue weighted by molar-refractivity contribution is -0.121. The SMILES string of the molecule is CSc1cc(C(=O)NCc2cc3nc(-c4cccc(N5CCC(C)(N)C5=O)n4)ccc3cn2)ccc1C. The zero-order valence-corrected chi connectivity index (χ0v) is 21.8. The van der Waals surface area contributed by atoms with Crippen LogP contribution in [0.25, 0.3) is 22.3 Å². The van der Waals surface area contributed by atoms with Crippen LogP contribution in [-0.4, -0.2) is 45.1 Å². The Balaban J connectivity index is 1.35. The number of aromatic nitrogens is 3. The van der Waals surface area contributed by atoms with Gasteiger partial charge in [-0.15, -0.1) is 11.8 Å². The summed E-state index contributed by atoms with van der Waals surface area (Å²) in [6, 6.07) is 16.9. The molecule has 0 radical (unpaired) electrons. The molecule has 1 unspecified atom stereocenters. The van der Waals surface area contributed by atoms with Crippen LogP contribution in [0, 0.1) is 6.92 Å². The van der Waals surface area contributed by atoms with E-state index in [2.05, 4.69) is 10.3 Å². The van der Waals surface area contributed by atoms with E-state index in [1.54, 1.807) is 29.8 Å². The number of amides is 2. The minimum absolute atomic E-state index is 0.128. The molecule has 4 heterocycles. The Hall–Kier alpha value is -3.82. The Labute approximate surface area is 219 Å². The van der Waals surface area contributed by atoms with Gasteiger partial charge in [-0.3, -0.25) is 19.5 Å². The molecule has 3 aromatic heterocycles. The van der Waals surface area contributed by atoms with Gasteiger partial charge < -0.3 is 11.1 Å². The number of nitrogens with one attached hydrogen (secondary N) is 1. The lowest BCUT2D eigenvalue weighted by atomic mass is 10.0. The number of fused-ring (bicyclic) bond motifs is 1. The van der Waals surface area contributed by atoms with Gasteiger partial charge in [0.1, 0.15) is 5.82 Å². The third-order valence-electron chi connectivity index (χ3n) is 6.59. The number of benzene rings is 1. The summed E-state index contributed by atoms with van der Waals surface area (Å²) in [7, 11) is 0. The maximum Gasteiger partial charge on any atom is 0.251 e. The van der Waals surface area contributed by atoms with Crippen LogP contribution in [0.15, 0.2) is 65.7 Å². The predicted octanol–water partition coefficient (Wildman–Crippen LogP) is 4.11. The highest BCUT2D eigenvalue weighted by Gasteiger charge is 2.40. The first kappa shape index (κ1) is 24.9. The maximum absolute atomic E-state index is 12.7. The predicted molar refractivity (Wildman–Crippen MR) is 146 cm³/mol. The minimum Gasteiger partial charge on any atom is -0.346 e. The molecule has 0 saturated carbocycles. The Kier molecular flexibility index (Phi) is 6.66. The topological polar surface area (TPSA) is 114 Å². The summed E-state index contributed by atoms with van der Waals surface area (Å²) in [5.41, 5.74) is 9.80. The fraction of sp³-hybridized carbons (Fsp3) is 0.250. The van der Waals surface area contributed by atoms with E-state index in [1.807, 2.05) is 67.8 Å². The van der Waals surface area contributed by atoms with Crippen LogP contribution in [-0.2, 0) is 11.3 Å². The number of carbonyl (C=O) groups is 2. The van der Waals surface area contributed by atoms with E-state index < -0.39 is 5.54 Å². The van der Waals surface area contributed by atoms with Gasteiger partial charge in [-0.25, -0.2) is 9.97 Å². The molecule has 1 atom stereocenters. The monoisotopic (exact) mass is 512 g/mol. The molecule has 9 heteroatoms. The second-order valence-electron chi connectivity index (χ2n) is 9.44. The highest BCUT2D eigenvalue weighted by molar-refractivity contribution is 7.98. The van der Waals surface area contributed by atoms with Crippen LogP contribution in [0.4, 0.5) is 5.82 Å². The zero-order valence-electron chi connectivity index (χ0n) is 21.0. The quantitative estimate of drug-likeness (QED) is 0.374. The number of carbonyl (C=O) groups excluding carboxylic acids is 2. The fourth-order valence-corrected chi connectivity index (χ4v) is 4.96. The smallest absolute Gasteiger partial charge is 0.251 e. The first-order valence-corrected chi connectivity index (χ1v) is 13.2. The number of nitrogens with zero attached hydrogens (tertiary/aromatic N) is 4. The molecule has 3 N–H and O–H groups in total. The molecule has 2 amide bonds. The highest BCUT2D eigenvalue weighted by atomic mass is 32.2. The number of anilines is 1. The van der Waals surface area contributed by atoms with Crippen molar-refractivity contribution in [3.63, 3.8) is 0 Å². The lowest BCUT2D eigenvalue weighted by Gasteiger charge is -2.19. The summed E-state index contributed by atoms with van der Waals surface area (Å²) in [5, 5.41) is 3.83. The van der Waals surface area contributed by atoms with Crippen LogP contribution in [0.3, 0.4) is 0 Å². The van der Waals surface area contributed by atoms with Gasteiger partial charge in [-0.2, -0.15) is 0 Å². The van der Waals surface area contributed by atoms with Gasteiger partial charge in [0, 0.05) is 28.6 Å². The van der Waals surface area contributed by atoms with Crippen LogP contribution in [0.1, 0.15) is 35.0 Å². The van der Waals surface area contributed by atoms with Crippen molar-refractivity contribution >= 4 is 40.3 Å². The number of hydrogen-bond donors (Lipinski definition) is 2. The summed E-state index contributed by atoms with van der Waals surface area (Å²) < 4.78 is 0. The molecular weight excluding hydrogens is 484 g/mol. The molecule has 8 nitrogen and oxygen atoms in total. The maximum atomic E-state index is 12.7. The van der Waals surface area contributed by atoms with E-state index in [1.165, 1.54) is 0 Å². The normalized spacial score (nSPS) is 17.4. The Morgan fingerprint density at radius 2 is 1.95 bits per heavy atom. The molecule has 0 aliphatic carbocycles. The van der Waals surface area contributed by atoms with Crippen molar-refractivity contribution in [2.45, 2.75) is 37.2 Å². The molecular formula is C28H28N6O2S. The number of thioether (sulfide) groups is 1. The van der Waals surface area contributed by atoms with Crippen molar-refractivity contribution in [2.24, 2.45) is 5.73 Å². The number of aryl methyl sites for hydroxylation is 1. The summed E-state index contributed by atoms with van der Waals surface area (Å²) in [5.74, 6) is 0.291. The highest BCUT2D eigenvalue weighted by Crippen LogP contribution is 2.27. The summed E-state index contributed by atoms with van der Waals surface area (Å²) >= 11 is 1.62. The molecule has 1 saturated heterocycles. The molecule has 1 aliphatic heterocycles. The number of rotatable bonds is 6. The van der Waals surface area contributed by atoms with Crippen molar-refractivity contribution in [3.8, 4) is 11.4 Å². The van der Waals surface area contributed by atoms with Crippen molar-refractivity contribution in [2.75, 3.05) is 17.7 Å². The molecule has 1 aliphatic rings. The van der Waals surface area contributed by atoms with Crippen molar-refractivity contribution in [1.29, 1.82) is 0 Å². The standard InChI is InChI=1S/C28H28N6O2S/c1-17-7-8-18(13-24(17)37-3)26(35)31-16-20-14-23-19(15-30-20)9-10-22(32-23)21-5-4-6-25(33-21)34-12-11-28(2,29)27(34)36/h4-10,13-15H,11-12,16,29H2,1-3H3,(H,31,35). The van der Waals surface area contributed by atoms with Crippen LogP contribution < -0.4 is 16.0 Å². The zero-order chi connectivity index (χ0) is 26.2. The van der Waals surface area contributed by atoms with Crippen molar-refractivity contribution in [1.82, 2.24) is 20.3 Å². The van der Waals surface area contributed by atoms with Gasteiger partial charge in [0.05, 0.1) is 34.7 Å². The largest absolute Gasteiger partial charge is 0.346 e. The van der Waals surface area contributed by atoms with Gasteiger partial charge in [0.25, 0.3) is 5.91 Å².